The van der Waals surface area contributed by atoms with E-state index in [9.17, 15) is 28.5 Å². The van der Waals surface area contributed by atoms with Crippen LogP contribution in [0.1, 0.15) is 49.2 Å². The fourth-order valence-corrected chi connectivity index (χ4v) is 6.63. The number of amides is 1. The number of nitrogens with two attached hydrogens (primary N) is 1. The van der Waals surface area contributed by atoms with E-state index in [0.717, 1.165) is 19.6 Å². The minimum Gasteiger partial charge on any atom is -0.507 e. The van der Waals surface area contributed by atoms with Crippen LogP contribution in [0.25, 0.3) is 0 Å². The minimum absolute atomic E-state index is 0.271. The van der Waals surface area contributed by atoms with Crippen LogP contribution in [0.4, 0.5) is 5.82 Å². The van der Waals surface area contributed by atoms with Crippen molar-refractivity contribution in [3.63, 3.8) is 0 Å². The van der Waals surface area contributed by atoms with E-state index in [0.29, 0.717) is 19.9 Å². The van der Waals surface area contributed by atoms with Gasteiger partial charge in [-0.2, -0.15) is 13.4 Å². The second kappa shape index (κ2) is 11.8. The number of hydrogen-bond donors (Lipinski definition) is 5. The molecular weight excluding hydrogens is 661 g/mol. The van der Waals surface area contributed by atoms with Crippen molar-refractivity contribution in [2.24, 2.45) is 10.7 Å². The van der Waals surface area contributed by atoms with Gasteiger partial charge < -0.3 is 25.8 Å². The number of phenols is 1. The minimum atomic E-state index is -4.65. The van der Waals surface area contributed by atoms with Gasteiger partial charge >= 0.3 is 10.3 Å². The van der Waals surface area contributed by atoms with Crippen LogP contribution in [-0.2, 0) is 19.2 Å². The quantitative estimate of drug-likeness (QED) is 0.131. The van der Waals surface area contributed by atoms with Crippen molar-refractivity contribution in [2.45, 2.75) is 51.5 Å². The molecule has 1 aromatic carbocycles. The third-order valence-corrected chi connectivity index (χ3v) is 8.93. The molecule has 1 saturated heterocycles. The Morgan fingerprint density at radius 3 is 2.48 bits per heavy atom. The van der Waals surface area contributed by atoms with Gasteiger partial charge in [0, 0.05) is 22.6 Å². The number of hydrogen-bond acceptors (Lipinski definition) is 12. The number of phenolic OH excluding ortho intramolecular Hbond substituents is 1. The van der Waals surface area contributed by atoms with Crippen LogP contribution in [0, 0.1) is 0 Å². The van der Waals surface area contributed by atoms with E-state index in [1.54, 1.807) is 4.72 Å². The summed E-state index contributed by atoms with van der Waals surface area (Å²) in [6.45, 7) is 7.85. The summed E-state index contributed by atoms with van der Waals surface area (Å²) in [5, 5.41) is 33.1. The third-order valence-electron chi connectivity index (χ3n) is 7.31. The molecule has 0 radical (unpaired) electrons. The highest BCUT2D eigenvalue weighted by Gasteiger charge is 2.48. The number of carbonyl (C=O) groups is 1. The van der Waals surface area contributed by atoms with E-state index in [-0.39, 0.29) is 5.56 Å². The second-order valence-corrected chi connectivity index (χ2v) is 11.6. The number of amidine groups is 1. The lowest BCUT2D eigenvalue weighted by Crippen LogP contribution is -2.64. The van der Waals surface area contributed by atoms with Crippen molar-refractivity contribution in [2.75, 3.05) is 26.2 Å². The number of aliphatic hydroxyl groups is 2. The Hall–Kier alpha value is -2.39. The Balaban J connectivity index is 1.49. The summed E-state index contributed by atoms with van der Waals surface area (Å²) in [5.41, 5.74) is 6.83. The van der Waals surface area contributed by atoms with Gasteiger partial charge in [0.1, 0.15) is 29.8 Å². The number of rotatable bonds is 10. The van der Waals surface area contributed by atoms with Gasteiger partial charge in [-0.15, -0.1) is 0 Å². The molecule has 0 spiro atoms. The molecule has 0 bridgehead atoms. The lowest BCUT2D eigenvalue weighted by molar-refractivity contribution is -1.02. The number of benzene rings is 1. The monoisotopic (exact) mass is 694 g/mol. The second-order valence-electron chi connectivity index (χ2n) is 9.31. The van der Waals surface area contributed by atoms with Crippen molar-refractivity contribution in [1.29, 1.82) is 0 Å². The molecule has 4 rings (SSSR count). The number of fused-ring (bicyclic) bond motifs is 1. The number of quaternary nitrogens is 1. The van der Waals surface area contributed by atoms with Crippen molar-refractivity contribution >= 4 is 48.5 Å². The molecule has 2 aromatic rings. The van der Waals surface area contributed by atoms with E-state index in [4.69, 9.17) is 19.6 Å². The first kappa shape index (κ1) is 30.6. The summed E-state index contributed by atoms with van der Waals surface area (Å²) in [6, 6.07) is 5.38. The van der Waals surface area contributed by atoms with Crippen LogP contribution in [0.15, 0.2) is 35.6 Å². The first-order chi connectivity index (χ1) is 18.9. The van der Waals surface area contributed by atoms with Gasteiger partial charge in [0.05, 0.1) is 38.1 Å². The average Bonchev–Trinajstić information content (AvgIpc) is 3.46. The number of aliphatic imine (C=N–C) groups is 1. The van der Waals surface area contributed by atoms with Gasteiger partial charge in [-0.25, -0.2) is 19.3 Å². The molecule has 40 heavy (non-hydrogen) atoms. The van der Waals surface area contributed by atoms with Gasteiger partial charge in [-0.1, -0.05) is 12.1 Å². The van der Waals surface area contributed by atoms with E-state index >= 15 is 0 Å². The third kappa shape index (κ3) is 5.56. The highest BCUT2D eigenvalue weighted by atomic mass is 127. The molecule has 3 unspecified atom stereocenters. The van der Waals surface area contributed by atoms with Gasteiger partial charge in [0.2, 0.25) is 3.84 Å². The molecule has 5 atom stereocenters. The predicted octanol–water partition coefficient (Wildman–Crippen LogP) is 0.386. The summed E-state index contributed by atoms with van der Waals surface area (Å²) >= 11 is 2.10. The Bertz CT molecular complexity index is 1370. The molecule has 0 aliphatic carbocycles. The number of nitrogens with zero attached hydrogens (tertiary/aromatic N) is 5. The van der Waals surface area contributed by atoms with Crippen molar-refractivity contribution in [1.82, 2.24) is 19.3 Å². The number of nitrogens with one attached hydrogen (secondary N) is 1. The fourth-order valence-electron chi connectivity index (χ4n) is 4.93. The molecule has 1 aromatic heterocycles. The molecule has 1 fully saturated rings. The lowest BCUT2D eigenvalue weighted by Gasteiger charge is -2.47. The summed E-state index contributed by atoms with van der Waals surface area (Å²) in [4.78, 5) is 21.4. The largest absolute Gasteiger partial charge is 0.507 e. The van der Waals surface area contributed by atoms with Crippen LogP contribution in [0.5, 0.6) is 5.75 Å². The molecule has 2 aliphatic rings. The average molecular weight is 695 g/mol. The number of aliphatic hydroxyl groups excluding tert-OH is 2. The highest BCUT2D eigenvalue weighted by Crippen LogP contribution is 2.40. The Morgan fingerprint density at radius 1 is 1.20 bits per heavy atom. The molecule has 220 valence electrons. The topological polar surface area (TPSA) is 202 Å². The van der Waals surface area contributed by atoms with Crippen LogP contribution in [0.2, 0.25) is 0 Å². The lowest BCUT2D eigenvalue weighted by atomic mass is 10.1. The standard InChI is InChI=1S/C23H32IN7O8S/c1-4-31(5-2,6-3)30-19(25)16-20(27-23(30)24)29(12-26-16)22-18(34)17(33)15(39-22)11-38-40(36,37)28-21(35)13-9-7-8-10-14(13)32/h7-10,12,15,17-19,22,33-34H,4-6,11,25H2,1-3H3,(H-,28,32,35)/p+1/t15-,17?,18?,19?,22-/m1/s1. The van der Waals surface area contributed by atoms with Crippen molar-refractivity contribution < 1.29 is 42.0 Å². The number of imidazole rings is 1. The molecule has 2 aliphatic heterocycles. The molecular formula is C23H33IN7O8S+. The van der Waals surface area contributed by atoms with Crippen LogP contribution in [0.3, 0.4) is 0 Å². The number of ether oxygens (including phenoxy) is 1. The number of carbonyl (C=O) groups excluding carboxylic acids is 1. The first-order valence-electron chi connectivity index (χ1n) is 12.6. The zero-order chi connectivity index (χ0) is 29.4. The summed E-state index contributed by atoms with van der Waals surface area (Å²) in [5.74, 6) is -1.18. The van der Waals surface area contributed by atoms with E-state index in [2.05, 4.69) is 48.3 Å². The maximum Gasteiger partial charge on any atom is 0.362 e. The smallest absolute Gasteiger partial charge is 0.362 e. The van der Waals surface area contributed by atoms with Crippen molar-refractivity contribution in [3.05, 3.63) is 41.9 Å². The molecule has 15 nitrogen and oxygen atoms in total. The zero-order valence-electron chi connectivity index (χ0n) is 22.1. The maximum atomic E-state index is 12.3. The molecule has 0 saturated carbocycles. The molecule has 17 heteroatoms. The van der Waals surface area contributed by atoms with Crippen LogP contribution < -0.4 is 10.5 Å². The Kier molecular flexibility index (Phi) is 9.05. The first-order valence-corrected chi connectivity index (χ1v) is 15.1. The molecule has 1 amide bonds. The number of halogens is 1. The van der Waals surface area contributed by atoms with Crippen molar-refractivity contribution in [3.8, 4) is 5.75 Å². The van der Waals surface area contributed by atoms with Gasteiger partial charge in [0.15, 0.2) is 18.2 Å². The fraction of sp³-hybridized carbons (Fsp3) is 0.522. The molecule has 3 heterocycles. The van der Waals surface area contributed by atoms with Crippen LogP contribution >= 0.6 is 22.6 Å². The summed E-state index contributed by atoms with van der Waals surface area (Å²) in [7, 11) is -4.65. The summed E-state index contributed by atoms with van der Waals surface area (Å²) < 4.78 is 39.6. The Morgan fingerprint density at radius 2 is 1.85 bits per heavy atom. The highest BCUT2D eigenvalue weighted by molar-refractivity contribution is 14.1. The maximum absolute atomic E-state index is 12.3. The SMILES string of the molecule is CC[N+](CC)(CC)N1C(I)=Nc2c(ncn2[C@@H]2O[C@H](COS(=O)(=O)NC(=O)c3ccccc3O)C(O)C2O)C1N. The molecule has 6 N–H and O–H groups in total. The zero-order valence-corrected chi connectivity index (χ0v) is 25.1. The number of aromatic hydroxyl groups is 1. The van der Waals surface area contributed by atoms with Gasteiger partial charge in [-0.3, -0.25) is 13.5 Å². The van der Waals surface area contributed by atoms with E-state index in [1.807, 2.05) is 5.01 Å². The van der Waals surface area contributed by atoms with Crippen LogP contribution in [-0.4, -0.2) is 97.2 Å². The Labute approximate surface area is 245 Å². The van der Waals surface area contributed by atoms with Gasteiger partial charge in [0.25, 0.3) is 5.91 Å². The van der Waals surface area contributed by atoms with Gasteiger partial charge in [-0.05, 0) is 32.9 Å². The normalized spacial score (nSPS) is 25.0. The number of aromatic nitrogens is 2. The predicted molar refractivity (Wildman–Crippen MR) is 150 cm³/mol. The van der Waals surface area contributed by atoms with E-state index < -0.39 is 59.3 Å². The van der Waals surface area contributed by atoms with E-state index in [1.165, 1.54) is 35.2 Å². The number of para-hydroxylation sites is 1. The summed E-state index contributed by atoms with van der Waals surface area (Å²) in [6.07, 6.45) is -4.71.